The van der Waals surface area contributed by atoms with Gasteiger partial charge in [-0.15, -0.1) is 10.2 Å². The van der Waals surface area contributed by atoms with Crippen LogP contribution in [-0.2, 0) is 12.5 Å². The molecule has 6 nitrogen and oxygen atoms in total. The number of pyridine rings is 1. The summed E-state index contributed by atoms with van der Waals surface area (Å²) >= 11 is 12.1. The summed E-state index contributed by atoms with van der Waals surface area (Å²) in [6.45, 7) is 1.59. The molecule has 3 aromatic rings. The minimum Gasteiger partial charge on any atom is -0.473 e. The molecule has 0 spiro atoms. The van der Waals surface area contributed by atoms with Gasteiger partial charge in [-0.3, -0.25) is 4.57 Å². The SMILES string of the molecule is Cn1c(N2CCC(Oc3ncc(Cl)cc3Cl)CC2)nnc1C1(c2ccc(F)cc2)CC1. The summed E-state index contributed by atoms with van der Waals surface area (Å²) in [6, 6.07) is 8.37. The Bertz CT molecular complexity index is 1090. The van der Waals surface area contributed by atoms with Crippen LogP contribution in [0.15, 0.2) is 36.5 Å². The van der Waals surface area contributed by atoms with Crippen LogP contribution in [0, 0.1) is 5.82 Å². The van der Waals surface area contributed by atoms with Gasteiger partial charge >= 0.3 is 0 Å². The van der Waals surface area contributed by atoms with Gasteiger partial charge in [-0.1, -0.05) is 35.3 Å². The van der Waals surface area contributed by atoms with Crippen LogP contribution in [0.3, 0.4) is 0 Å². The Morgan fingerprint density at radius 1 is 1.10 bits per heavy atom. The summed E-state index contributed by atoms with van der Waals surface area (Å²) in [5.41, 5.74) is 0.932. The molecule has 3 heterocycles. The van der Waals surface area contributed by atoms with E-state index in [1.807, 2.05) is 19.2 Å². The Kier molecular flexibility index (Phi) is 5.26. The normalized spacial score (nSPS) is 18.3. The number of aromatic nitrogens is 4. The van der Waals surface area contributed by atoms with Crippen LogP contribution in [0.5, 0.6) is 5.88 Å². The van der Waals surface area contributed by atoms with Gasteiger partial charge in [-0.2, -0.15) is 0 Å². The monoisotopic (exact) mass is 461 g/mol. The van der Waals surface area contributed by atoms with Gasteiger partial charge in [0.1, 0.15) is 22.8 Å². The van der Waals surface area contributed by atoms with Gasteiger partial charge in [-0.05, 0) is 36.6 Å². The average molecular weight is 462 g/mol. The van der Waals surface area contributed by atoms with Gasteiger partial charge in [0.2, 0.25) is 11.8 Å². The molecule has 2 fully saturated rings. The molecular formula is C22H22Cl2FN5O. The number of nitrogens with zero attached hydrogens (tertiary/aromatic N) is 5. The number of hydrogen-bond acceptors (Lipinski definition) is 5. The lowest BCUT2D eigenvalue weighted by Crippen LogP contribution is -2.39. The molecule has 2 aromatic heterocycles. The van der Waals surface area contributed by atoms with Crippen LogP contribution >= 0.6 is 23.2 Å². The van der Waals surface area contributed by atoms with Crippen molar-refractivity contribution >= 4 is 29.2 Å². The van der Waals surface area contributed by atoms with Crippen molar-refractivity contribution in [1.82, 2.24) is 19.7 Å². The Labute approximate surface area is 190 Å². The lowest BCUT2D eigenvalue weighted by atomic mass is 9.95. The molecule has 1 saturated heterocycles. The lowest BCUT2D eigenvalue weighted by molar-refractivity contribution is 0.163. The third kappa shape index (κ3) is 3.85. The van der Waals surface area contributed by atoms with Crippen LogP contribution in [0.25, 0.3) is 0 Å². The second kappa shape index (κ2) is 7.95. The molecule has 1 aromatic carbocycles. The molecule has 0 atom stereocenters. The van der Waals surface area contributed by atoms with Gasteiger partial charge in [0.15, 0.2) is 0 Å². The smallest absolute Gasteiger partial charge is 0.232 e. The second-order valence-electron chi connectivity index (χ2n) is 8.22. The molecule has 5 rings (SSSR count). The predicted octanol–water partition coefficient (Wildman–Crippen LogP) is 4.78. The Hall–Kier alpha value is -2.38. The first-order chi connectivity index (χ1) is 15.0. The van der Waals surface area contributed by atoms with Gasteiger partial charge in [0.05, 0.1) is 10.4 Å². The molecule has 31 heavy (non-hydrogen) atoms. The quantitative estimate of drug-likeness (QED) is 0.546. The third-order valence-corrected chi connectivity index (χ3v) is 6.68. The zero-order chi connectivity index (χ0) is 21.6. The van der Waals surface area contributed by atoms with E-state index in [4.69, 9.17) is 27.9 Å². The maximum absolute atomic E-state index is 13.4. The Morgan fingerprint density at radius 3 is 2.45 bits per heavy atom. The summed E-state index contributed by atoms with van der Waals surface area (Å²) in [4.78, 5) is 6.42. The van der Waals surface area contributed by atoms with E-state index in [2.05, 4.69) is 24.6 Å². The molecule has 0 bridgehead atoms. The molecule has 0 unspecified atom stereocenters. The minimum atomic E-state index is -0.224. The predicted molar refractivity (Wildman–Crippen MR) is 118 cm³/mol. The topological polar surface area (TPSA) is 56.1 Å². The van der Waals surface area contributed by atoms with Crippen molar-refractivity contribution in [2.45, 2.75) is 37.2 Å². The highest BCUT2D eigenvalue weighted by Crippen LogP contribution is 2.53. The fraction of sp³-hybridized carbons (Fsp3) is 0.409. The summed E-state index contributed by atoms with van der Waals surface area (Å²) in [5.74, 6) is 1.98. The fourth-order valence-electron chi connectivity index (χ4n) is 4.37. The zero-order valence-electron chi connectivity index (χ0n) is 17.1. The number of ether oxygens (including phenoxy) is 1. The number of halogens is 3. The Balaban J connectivity index is 1.27. The lowest BCUT2D eigenvalue weighted by Gasteiger charge is -2.32. The highest BCUT2D eigenvalue weighted by atomic mass is 35.5. The van der Waals surface area contributed by atoms with Crippen LogP contribution < -0.4 is 9.64 Å². The number of anilines is 1. The van der Waals surface area contributed by atoms with Crippen LogP contribution in [0.2, 0.25) is 10.0 Å². The largest absolute Gasteiger partial charge is 0.473 e. The van der Waals surface area contributed by atoms with Crippen molar-refractivity contribution < 1.29 is 9.13 Å². The van der Waals surface area contributed by atoms with Gasteiger partial charge < -0.3 is 9.64 Å². The van der Waals surface area contributed by atoms with Crippen molar-refractivity contribution in [3.63, 3.8) is 0 Å². The number of benzene rings is 1. The van der Waals surface area contributed by atoms with E-state index >= 15 is 0 Å². The summed E-state index contributed by atoms with van der Waals surface area (Å²) in [6.07, 6.45) is 5.21. The molecule has 1 saturated carbocycles. The number of hydrogen-bond donors (Lipinski definition) is 0. The van der Waals surface area contributed by atoms with Crippen molar-refractivity contribution in [1.29, 1.82) is 0 Å². The number of piperidine rings is 1. The summed E-state index contributed by atoms with van der Waals surface area (Å²) in [5, 5.41) is 9.94. The van der Waals surface area contributed by atoms with E-state index in [0.717, 1.165) is 56.1 Å². The molecule has 1 aliphatic carbocycles. The molecular weight excluding hydrogens is 440 g/mol. The zero-order valence-corrected chi connectivity index (χ0v) is 18.6. The van der Waals surface area contributed by atoms with Crippen LogP contribution in [0.4, 0.5) is 10.3 Å². The molecule has 1 aliphatic heterocycles. The van der Waals surface area contributed by atoms with Crippen molar-refractivity contribution in [2.24, 2.45) is 7.05 Å². The van der Waals surface area contributed by atoms with Gasteiger partial charge in [-0.25, -0.2) is 9.37 Å². The summed E-state index contributed by atoms with van der Waals surface area (Å²) in [7, 11) is 2.01. The van der Waals surface area contributed by atoms with Crippen molar-refractivity contribution in [3.05, 3.63) is 63.8 Å². The van der Waals surface area contributed by atoms with E-state index in [0.29, 0.717) is 15.9 Å². The second-order valence-corrected chi connectivity index (χ2v) is 9.06. The maximum Gasteiger partial charge on any atom is 0.232 e. The minimum absolute atomic E-state index is 0.0316. The van der Waals surface area contributed by atoms with E-state index in [1.54, 1.807) is 6.07 Å². The third-order valence-electron chi connectivity index (χ3n) is 6.20. The van der Waals surface area contributed by atoms with E-state index in [-0.39, 0.29) is 17.3 Å². The standard InChI is InChI=1S/C22H22Cl2FN5O/c1-29-20(22(8-9-22)14-2-4-16(25)5-3-14)27-28-21(29)30-10-6-17(7-11-30)31-19-18(24)12-15(23)13-26-19/h2-5,12-13,17H,6-11H2,1H3. The van der Waals surface area contributed by atoms with E-state index < -0.39 is 0 Å². The maximum atomic E-state index is 13.4. The first-order valence-corrected chi connectivity index (χ1v) is 11.1. The highest BCUT2D eigenvalue weighted by Gasteiger charge is 2.50. The first-order valence-electron chi connectivity index (χ1n) is 10.3. The molecule has 162 valence electrons. The highest BCUT2D eigenvalue weighted by molar-refractivity contribution is 6.35. The first kappa shape index (κ1) is 20.5. The van der Waals surface area contributed by atoms with Gasteiger partial charge in [0.25, 0.3) is 0 Å². The molecule has 9 heteroatoms. The molecule has 0 N–H and O–H groups in total. The van der Waals surface area contributed by atoms with Crippen LogP contribution in [0.1, 0.15) is 37.1 Å². The van der Waals surface area contributed by atoms with Crippen molar-refractivity contribution in [3.8, 4) is 5.88 Å². The average Bonchev–Trinajstić information content (AvgIpc) is 3.47. The summed E-state index contributed by atoms with van der Waals surface area (Å²) < 4.78 is 21.4. The fourth-order valence-corrected chi connectivity index (χ4v) is 4.79. The molecule has 0 amide bonds. The van der Waals surface area contributed by atoms with E-state index in [1.165, 1.54) is 18.3 Å². The number of rotatable bonds is 5. The van der Waals surface area contributed by atoms with Gasteiger partial charge in [0, 0.05) is 39.2 Å². The van der Waals surface area contributed by atoms with Crippen LogP contribution in [-0.4, -0.2) is 38.9 Å². The van der Waals surface area contributed by atoms with Crippen molar-refractivity contribution in [2.75, 3.05) is 18.0 Å². The Morgan fingerprint density at radius 2 is 1.81 bits per heavy atom. The van der Waals surface area contributed by atoms with E-state index in [9.17, 15) is 4.39 Å². The molecule has 2 aliphatic rings. The molecule has 0 radical (unpaired) electrons.